The first-order chi connectivity index (χ1) is 16.3. The first-order valence-electron chi connectivity index (χ1n) is 12.6. The Morgan fingerprint density at radius 3 is 2.68 bits per heavy atom. The fourth-order valence-electron chi connectivity index (χ4n) is 6.00. The Kier molecular flexibility index (Phi) is 8.57. The van der Waals surface area contributed by atoms with Crippen LogP contribution in [0.4, 0.5) is 0 Å². The van der Waals surface area contributed by atoms with Crippen LogP contribution in [0.1, 0.15) is 58.8 Å². The third-order valence-corrected chi connectivity index (χ3v) is 7.56. The lowest BCUT2D eigenvalue weighted by Crippen LogP contribution is -2.56. The number of unbranched alkanes of at least 4 members (excludes halogenated alkanes) is 2. The Labute approximate surface area is 202 Å². The van der Waals surface area contributed by atoms with Gasteiger partial charge in [0.1, 0.15) is 17.6 Å². The predicted molar refractivity (Wildman–Crippen MR) is 128 cm³/mol. The summed E-state index contributed by atoms with van der Waals surface area (Å²) in [5, 5.41) is 9.44. The van der Waals surface area contributed by atoms with Crippen molar-refractivity contribution >= 4 is 17.8 Å². The first-order valence-corrected chi connectivity index (χ1v) is 12.6. The van der Waals surface area contributed by atoms with Crippen LogP contribution >= 0.6 is 0 Å². The average molecular weight is 477 g/mol. The molecular weight excluding hydrogens is 436 g/mol. The van der Waals surface area contributed by atoms with Crippen LogP contribution in [-0.2, 0) is 23.9 Å². The van der Waals surface area contributed by atoms with E-state index in [1.165, 1.54) is 0 Å². The molecule has 2 amide bonds. The molecule has 8 heteroatoms. The fraction of sp³-hybridized carbons (Fsp3) is 0.731. The molecule has 0 saturated carbocycles. The van der Waals surface area contributed by atoms with E-state index < -0.39 is 35.0 Å². The highest BCUT2D eigenvalue weighted by molar-refractivity contribution is 5.98. The summed E-state index contributed by atoms with van der Waals surface area (Å²) < 4.78 is 12.1. The van der Waals surface area contributed by atoms with Gasteiger partial charge < -0.3 is 24.4 Å². The molecule has 0 aromatic carbocycles. The summed E-state index contributed by atoms with van der Waals surface area (Å²) in [5.74, 6) is -2.38. The molecule has 3 aliphatic heterocycles. The van der Waals surface area contributed by atoms with Gasteiger partial charge in [0, 0.05) is 26.2 Å². The topological polar surface area (TPSA) is 96.4 Å². The van der Waals surface area contributed by atoms with Gasteiger partial charge in [-0.15, -0.1) is 13.2 Å². The molecule has 3 heterocycles. The fourth-order valence-corrected chi connectivity index (χ4v) is 6.00. The Hall–Kier alpha value is -2.19. The summed E-state index contributed by atoms with van der Waals surface area (Å²) in [6.07, 6.45) is 8.10. The van der Waals surface area contributed by atoms with Crippen molar-refractivity contribution in [1.82, 2.24) is 9.80 Å². The molecule has 0 radical (unpaired) electrons. The second-order valence-corrected chi connectivity index (χ2v) is 9.86. The molecule has 3 rings (SSSR count). The minimum atomic E-state index is -1.06. The van der Waals surface area contributed by atoms with Crippen LogP contribution in [0.3, 0.4) is 0 Å². The Morgan fingerprint density at radius 1 is 1.26 bits per heavy atom. The number of rotatable bonds is 14. The van der Waals surface area contributed by atoms with E-state index >= 15 is 0 Å². The normalized spacial score (nSPS) is 31.4. The Morgan fingerprint density at radius 2 is 2.03 bits per heavy atom. The molecule has 34 heavy (non-hydrogen) atoms. The molecule has 8 nitrogen and oxygen atoms in total. The van der Waals surface area contributed by atoms with Gasteiger partial charge in [0.25, 0.3) is 0 Å². The third kappa shape index (κ3) is 4.54. The number of nitrogens with zero attached hydrogens (tertiary/aromatic N) is 2. The van der Waals surface area contributed by atoms with Crippen LogP contribution in [0.25, 0.3) is 0 Å². The zero-order valence-electron chi connectivity index (χ0n) is 20.7. The molecular formula is C26H40N2O6. The number of hydrogen-bond donors (Lipinski definition) is 1. The molecule has 2 unspecified atom stereocenters. The number of aliphatic hydroxyl groups excluding tert-OH is 1. The molecule has 3 fully saturated rings. The maximum atomic E-state index is 13.9. The van der Waals surface area contributed by atoms with Gasteiger partial charge in [-0.3, -0.25) is 14.4 Å². The van der Waals surface area contributed by atoms with Crippen molar-refractivity contribution in [2.75, 3.05) is 32.8 Å². The Balaban J connectivity index is 1.95. The van der Waals surface area contributed by atoms with Crippen molar-refractivity contribution in [3.63, 3.8) is 0 Å². The summed E-state index contributed by atoms with van der Waals surface area (Å²) in [6, 6.07) is -0.825. The molecule has 5 atom stereocenters. The van der Waals surface area contributed by atoms with Gasteiger partial charge in [-0.25, -0.2) is 0 Å². The van der Waals surface area contributed by atoms with E-state index in [1.807, 2.05) is 6.92 Å². The summed E-state index contributed by atoms with van der Waals surface area (Å²) in [5.41, 5.74) is -1.90. The summed E-state index contributed by atoms with van der Waals surface area (Å²) >= 11 is 0. The molecule has 0 aliphatic carbocycles. The smallest absolute Gasteiger partial charge is 0.312 e. The van der Waals surface area contributed by atoms with Crippen LogP contribution < -0.4 is 0 Å². The zero-order chi connectivity index (χ0) is 24.9. The highest BCUT2D eigenvalue weighted by atomic mass is 16.6. The molecule has 3 saturated heterocycles. The number of amides is 2. The zero-order valence-corrected chi connectivity index (χ0v) is 20.7. The highest BCUT2D eigenvalue weighted by Crippen LogP contribution is 2.63. The van der Waals surface area contributed by atoms with Gasteiger partial charge in [-0.1, -0.05) is 25.5 Å². The highest BCUT2D eigenvalue weighted by Gasteiger charge is 2.78. The van der Waals surface area contributed by atoms with Crippen molar-refractivity contribution in [2.45, 2.75) is 76.0 Å². The molecule has 1 N–H and O–H groups in total. The third-order valence-electron chi connectivity index (χ3n) is 7.56. The van der Waals surface area contributed by atoms with Crippen molar-refractivity contribution in [3.8, 4) is 0 Å². The molecule has 3 aliphatic rings. The molecule has 0 aromatic rings. The minimum absolute atomic E-state index is 0.0953. The largest absolute Gasteiger partial charge is 0.465 e. The standard InChI is InChI=1S/C26H40N2O6/c1-5-8-10-18-33-24(32)20-19-22(30)28(16-11-17-29)21(26(19)13-12-25(20,4)34-26)23(31)27(14-7-3)15-9-6-2/h5,7,19-21,29H,1,3,6,8-18H2,2,4H3/t19-,20+,21?,25-,26?/m0/s1. The molecule has 1 spiro atoms. The lowest BCUT2D eigenvalue weighted by Gasteiger charge is -2.36. The van der Waals surface area contributed by atoms with Crippen LogP contribution in [-0.4, -0.2) is 82.8 Å². The van der Waals surface area contributed by atoms with E-state index in [4.69, 9.17) is 9.47 Å². The molecule has 190 valence electrons. The number of allylic oxidation sites excluding steroid dienone is 1. The van der Waals surface area contributed by atoms with Gasteiger partial charge in [-0.05, 0) is 45.4 Å². The van der Waals surface area contributed by atoms with Crippen molar-refractivity contribution in [3.05, 3.63) is 25.3 Å². The molecule has 2 bridgehead atoms. The second-order valence-electron chi connectivity index (χ2n) is 9.86. The van der Waals surface area contributed by atoms with E-state index in [-0.39, 0.29) is 31.6 Å². The van der Waals surface area contributed by atoms with Gasteiger partial charge in [0.15, 0.2) is 0 Å². The van der Waals surface area contributed by atoms with Crippen molar-refractivity contribution in [1.29, 1.82) is 0 Å². The lowest BCUT2D eigenvalue weighted by atomic mass is 9.66. The summed E-state index contributed by atoms with van der Waals surface area (Å²) in [6.45, 7) is 12.7. The van der Waals surface area contributed by atoms with Crippen LogP contribution in [0, 0.1) is 11.8 Å². The number of ether oxygens (including phenoxy) is 2. The summed E-state index contributed by atoms with van der Waals surface area (Å²) in [7, 11) is 0. The van der Waals surface area contributed by atoms with Crippen molar-refractivity contribution in [2.24, 2.45) is 11.8 Å². The number of hydrogen-bond acceptors (Lipinski definition) is 6. The van der Waals surface area contributed by atoms with E-state index in [0.29, 0.717) is 38.8 Å². The van der Waals surface area contributed by atoms with Crippen LogP contribution in [0.2, 0.25) is 0 Å². The number of fused-ring (bicyclic) bond motifs is 1. The van der Waals surface area contributed by atoms with E-state index in [2.05, 4.69) is 20.1 Å². The number of likely N-dealkylation sites (tertiary alicyclic amines) is 1. The minimum Gasteiger partial charge on any atom is -0.465 e. The monoisotopic (exact) mass is 476 g/mol. The van der Waals surface area contributed by atoms with Crippen LogP contribution in [0.5, 0.6) is 0 Å². The SMILES string of the molecule is C=CCCCOC(=O)[C@H]1[C@H]2C(=O)N(CCCO)C(C(=O)N(CC=C)CCCC)C23CC[C@]1(C)O3. The maximum absolute atomic E-state index is 13.9. The quantitative estimate of drug-likeness (QED) is 0.235. The van der Waals surface area contributed by atoms with E-state index in [1.54, 1.807) is 22.0 Å². The number of carbonyl (C=O) groups is 3. The lowest BCUT2D eigenvalue weighted by molar-refractivity contribution is -0.160. The predicted octanol–water partition coefficient (Wildman–Crippen LogP) is 2.46. The second kappa shape index (κ2) is 11.0. The van der Waals surface area contributed by atoms with E-state index in [0.717, 1.165) is 19.3 Å². The summed E-state index contributed by atoms with van der Waals surface area (Å²) in [4.78, 5) is 44.2. The van der Waals surface area contributed by atoms with Crippen LogP contribution in [0.15, 0.2) is 25.3 Å². The average Bonchev–Trinajstić information content (AvgIpc) is 3.38. The molecule has 0 aromatic heterocycles. The maximum Gasteiger partial charge on any atom is 0.312 e. The number of esters is 1. The van der Waals surface area contributed by atoms with Crippen molar-refractivity contribution < 1.29 is 29.0 Å². The van der Waals surface area contributed by atoms with Gasteiger partial charge in [-0.2, -0.15) is 0 Å². The number of aliphatic hydroxyl groups is 1. The Bertz CT molecular complexity index is 800. The van der Waals surface area contributed by atoms with Gasteiger partial charge in [0.2, 0.25) is 11.8 Å². The van der Waals surface area contributed by atoms with Gasteiger partial charge in [0.05, 0.1) is 18.1 Å². The van der Waals surface area contributed by atoms with E-state index in [9.17, 15) is 19.5 Å². The number of carbonyl (C=O) groups excluding carboxylic acids is 3. The van der Waals surface area contributed by atoms with Gasteiger partial charge >= 0.3 is 5.97 Å². The first kappa shape index (κ1) is 26.4.